The van der Waals surface area contributed by atoms with Crippen LogP contribution in [0.15, 0.2) is 23.2 Å². The summed E-state index contributed by atoms with van der Waals surface area (Å²) in [6.45, 7) is 3.29. The van der Waals surface area contributed by atoms with Gasteiger partial charge >= 0.3 is 5.97 Å². The highest BCUT2D eigenvalue weighted by Gasteiger charge is 2.32. The van der Waals surface area contributed by atoms with Gasteiger partial charge in [0, 0.05) is 17.3 Å². The Hall–Kier alpha value is -2.30. The lowest BCUT2D eigenvalue weighted by Crippen LogP contribution is -2.29. The van der Waals surface area contributed by atoms with Gasteiger partial charge in [0.2, 0.25) is 0 Å². The second kappa shape index (κ2) is 5.14. The van der Waals surface area contributed by atoms with E-state index in [-0.39, 0.29) is 23.7 Å². The van der Waals surface area contributed by atoms with Crippen molar-refractivity contribution >= 4 is 29.4 Å². The van der Waals surface area contributed by atoms with Gasteiger partial charge in [0.1, 0.15) is 0 Å². The monoisotopic (exact) mass is 259 g/mol. The van der Waals surface area contributed by atoms with E-state index in [1.54, 1.807) is 19.1 Å². The van der Waals surface area contributed by atoms with E-state index in [0.29, 0.717) is 11.3 Å². The van der Waals surface area contributed by atoms with Gasteiger partial charge in [0.05, 0.1) is 12.3 Å². The maximum absolute atomic E-state index is 12.2. The van der Waals surface area contributed by atoms with E-state index in [2.05, 4.69) is 4.99 Å². The molecule has 1 aromatic carbocycles. The van der Waals surface area contributed by atoms with Gasteiger partial charge in [-0.2, -0.15) is 0 Å². The zero-order chi connectivity index (χ0) is 14.0. The summed E-state index contributed by atoms with van der Waals surface area (Å²) in [5, 5.41) is 0. The van der Waals surface area contributed by atoms with Crippen molar-refractivity contribution < 1.29 is 19.1 Å². The van der Waals surface area contributed by atoms with Gasteiger partial charge in [-0.15, -0.1) is 0 Å². The highest BCUT2D eigenvalue weighted by atomic mass is 16.5. The second-order valence-electron chi connectivity index (χ2n) is 4.16. The average Bonchev–Trinajstić information content (AvgIpc) is 2.39. The molecule has 0 bridgehead atoms. The van der Waals surface area contributed by atoms with E-state index in [1.165, 1.54) is 19.2 Å². The van der Waals surface area contributed by atoms with Crippen LogP contribution in [0.3, 0.4) is 0 Å². The Morgan fingerprint density at radius 1 is 1.37 bits per heavy atom. The number of benzene rings is 1. The Labute approximate surface area is 110 Å². The number of nitrogens with zero attached hydrogens (tertiary/aromatic N) is 1. The van der Waals surface area contributed by atoms with Crippen molar-refractivity contribution in [2.24, 2.45) is 10.9 Å². The second-order valence-corrected chi connectivity index (χ2v) is 4.16. The average molecular weight is 259 g/mol. The molecule has 0 saturated carbocycles. The molecule has 0 fully saturated rings. The minimum atomic E-state index is -1.02. The van der Waals surface area contributed by atoms with E-state index < -0.39 is 11.9 Å². The number of aliphatic imine (C=N–C) groups is 1. The molecule has 2 rings (SSSR count). The number of ketones is 2. The first-order valence-electron chi connectivity index (χ1n) is 5.94. The van der Waals surface area contributed by atoms with E-state index in [9.17, 15) is 14.4 Å². The molecule has 0 radical (unpaired) electrons. The number of esters is 1. The van der Waals surface area contributed by atoms with Crippen LogP contribution in [0.5, 0.6) is 0 Å². The van der Waals surface area contributed by atoms with Crippen molar-refractivity contribution in [2.45, 2.75) is 13.8 Å². The van der Waals surface area contributed by atoms with Gasteiger partial charge in [-0.05, 0) is 32.0 Å². The number of hydrogen-bond donors (Lipinski definition) is 0. The Kier molecular flexibility index (Phi) is 3.55. The molecule has 0 aromatic heterocycles. The molecule has 0 spiro atoms. The predicted octanol–water partition coefficient (Wildman–Crippen LogP) is 1.97. The molecule has 1 atom stereocenters. The molecular formula is C14H13NO4. The van der Waals surface area contributed by atoms with Crippen LogP contribution in [0, 0.1) is 5.92 Å². The van der Waals surface area contributed by atoms with Crippen LogP contribution in [0.4, 0.5) is 5.69 Å². The van der Waals surface area contributed by atoms with Crippen LogP contribution < -0.4 is 0 Å². The standard InChI is InChI=1S/C14H13NO4/c1-3-19-14(18)11-7-15-12-5-4-9(8(2)16)6-10(12)13(11)17/h4-7,11H,3H2,1-2H3. The van der Waals surface area contributed by atoms with Gasteiger partial charge in [0.15, 0.2) is 17.5 Å². The summed E-state index contributed by atoms with van der Waals surface area (Å²) in [7, 11) is 0. The van der Waals surface area contributed by atoms with Crippen molar-refractivity contribution in [3.63, 3.8) is 0 Å². The van der Waals surface area contributed by atoms with Crippen LogP contribution in [-0.2, 0) is 9.53 Å². The summed E-state index contributed by atoms with van der Waals surface area (Å²) < 4.78 is 4.83. The number of rotatable bonds is 3. The molecule has 1 aromatic rings. The topological polar surface area (TPSA) is 72.8 Å². The van der Waals surface area contributed by atoms with Gasteiger partial charge in [0.25, 0.3) is 0 Å². The number of hydrogen-bond acceptors (Lipinski definition) is 5. The lowest BCUT2D eigenvalue weighted by atomic mass is 9.93. The Morgan fingerprint density at radius 3 is 2.74 bits per heavy atom. The first kappa shape index (κ1) is 13.1. The minimum Gasteiger partial charge on any atom is -0.465 e. The molecule has 1 aliphatic heterocycles. The molecule has 0 N–H and O–H groups in total. The molecule has 5 heteroatoms. The van der Waals surface area contributed by atoms with Crippen molar-refractivity contribution in [3.8, 4) is 0 Å². The summed E-state index contributed by atoms with van der Waals surface area (Å²) in [6, 6.07) is 4.68. The van der Waals surface area contributed by atoms with Gasteiger partial charge in [-0.3, -0.25) is 19.4 Å². The summed E-state index contributed by atoms with van der Waals surface area (Å²) in [4.78, 5) is 39.2. The molecule has 19 heavy (non-hydrogen) atoms. The summed E-state index contributed by atoms with van der Waals surface area (Å²) in [5.41, 5.74) is 1.18. The zero-order valence-electron chi connectivity index (χ0n) is 10.7. The number of ether oxygens (including phenoxy) is 1. The maximum Gasteiger partial charge on any atom is 0.322 e. The summed E-state index contributed by atoms with van der Waals surface area (Å²) >= 11 is 0. The highest BCUT2D eigenvalue weighted by Crippen LogP contribution is 2.27. The van der Waals surface area contributed by atoms with Crippen LogP contribution in [0.25, 0.3) is 0 Å². The lowest BCUT2D eigenvalue weighted by molar-refractivity contribution is -0.144. The first-order chi connectivity index (χ1) is 9.04. The number of fused-ring (bicyclic) bond motifs is 1. The molecule has 1 aliphatic rings. The van der Waals surface area contributed by atoms with Crippen LogP contribution in [0.1, 0.15) is 34.6 Å². The summed E-state index contributed by atoms with van der Waals surface area (Å²) in [5.74, 6) is -2.16. The lowest BCUT2D eigenvalue weighted by Gasteiger charge is -2.16. The smallest absolute Gasteiger partial charge is 0.322 e. The minimum absolute atomic E-state index is 0.141. The molecule has 98 valence electrons. The maximum atomic E-state index is 12.2. The van der Waals surface area contributed by atoms with E-state index in [0.717, 1.165) is 0 Å². The van der Waals surface area contributed by atoms with Crippen LogP contribution >= 0.6 is 0 Å². The van der Waals surface area contributed by atoms with Gasteiger partial charge in [-0.1, -0.05) is 0 Å². The van der Waals surface area contributed by atoms with Gasteiger partial charge < -0.3 is 4.74 Å². The Morgan fingerprint density at radius 2 is 2.11 bits per heavy atom. The summed E-state index contributed by atoms with van der Waals surface area (Å²) in [6.07, 6.45) is 1.29. The number of carbonyl (C=O) groups is 3. The van der Waals surface area contributed by atoms with Crippen molar-refractivity contribution in [1.29, 1.82) is 0 Å². The van der Waals surface area contributed by atoms with Gasteiger partial charge in [-0.25, -0.2) is 0 Å². The normalized spacial score (nSPS) is 16.9. The Bertz CT molecular complexity index is 589. The fourth-order valence-electron chi connectivity index (χ4n) is 1.85. The van der Waals surface area contributed by atoms with Crippen molar-refractivity contribution in [2.75, 3.05) is 6.61 Å². The molecule has 1 heterocycles. The van der Waals surface area contributed by atoms with E-state index in [4.69, 9.17) is 4.74 Å². The predicted molar refractivity (Wildman–Crippen MR) is 69.1 cm³/mol. The SMILES string of the molecule is CCOC(=O)C1C=Nc2ccc(C(C)=O)cc2C1=O. The fourth-order valence-corrected chi connectivity index (χ4v) is 1.85. The Balaban J connectivity index is 2.39. The zero-order valence-corrected chi connectivity index (χ0v) is 10.7. The van der Waals surface area contributed by atoms with Crippen molar-refractivity contribution in [1.82, 2.24) is 0 Å². The fraction of sp³-hybridized carbons (Fsp3) is 0.286. The molecule has 0 amide bonds. The molecule has 0 saturated heterocycles. The third-order valence-electron chi connectivity index (χ3n) is 2.85. The van der Waals surface area contributed by atoms with E-state index in [1.807, 2.05) is 0 Å². The van der Waals surface area contributed by atoms with Crippen LogP contribution in [0.2, 0.25) is 0 Å². The molecule has 0 aliphatic carbocycles. The van der Waals surface area contributed by atoms with Crippen molar-refractivity contribution in [3.05, 3.63) is 29.3 Å². The van der Waals surface area contributed by atoms with Crippen LogP contribution in [-0.4, -0.2) is 30.4 Å². The first-order valence-corrected chi connectivity index (χ1v) is 5.94. The molecule has 5 nitrogen and oxygen atoms in total. The molecule has 1 unspecified atom stereocenters. The molecular weight excluding hydrogens is 246 g/mol. The third-order valence-corrected chi connectivity index (χ3v) is 2.85. The third kappa shape index (κ3) is 2.45. The van der Waals surface area contributed by atoms with E-state index >= 15 is 0 Å². The number of Topliss-reactive ketones (excluding diaryl/α,β-unsaturated/α-hetero) is 2. The highest BCUT2D eigenvalue weighted by molar-refractivity contribution is 6.22. The number of carbonyl (C=O) groups excluding carboxylic acids is 3. The largest absolute Gasteiger partial charge is 0.465 e. The quantitative estimate of drug-likeness (QED) is 0.472.